The summed E-state index contributed by atoms with van der Waals surface area (Å²) in [6, 6.07) is 6.41. The van der Waals surface area contributed by atoms with Crippen LogP contribution in [0.25, 0.3) is 0 Å². The Morgan fingerprint density at radius 3 is 2.54 bits per heavy atom. The van der Waals surface area contributed by atoms with Crippen LogP contribution in [0, 0.1) is 0 Å². The van der Waals surface area contributed by atoms with Crippen LogP contribution in [0.3, 0.4) is 0 Å². The van der Waals surface area contributed by atoms with Crippen LogP contribution in [0.15, 0.2) is 36.0 Å². The Labute approximate surface area is 165 Å². The highest BCUT2D eigenvalue weighted by molar-refractivity contribution is 6.09. The van der Waals surface area contributed by atoms with Crippen molar-refractivity contribution in [3.63, 3.8) is 0 Å². The molecule has 0 radical (unpaired) electrons. The third-order valence-corrected chi connectivity index (χ3v) is 5.47. The van der Waals surface area contributed by atoms with E-state index in [1.165, 1.54) is 0 Å². The van der Waals surface area contributed by atoms with Gasteiger partial charge in [-0.05, 0) is 57.2 Å². The minimum atomic E-state index is -1.20. The fourth-order valence-electron chi connectivity index (χ4n) is 3.79. The summed E-state index contributed by atoms with van der Waals surface area (Å²) in [4.78, 5) is 41.1. The van der Waals surface area contributed by atoms with E-state index in [9.17, 15) is 14.4 Å². The number of nitrogens with one attached hydrogen (secondary N) is 1. The van der Waals surface area contributed by atoms with Crippen molar-refractivity contribution in [1.82, 2.24) is 15.1 Å². The maximum atomic E-state index is 13.0. The summed E-state index contributed by atoms with van der Waals surface area (Å²) < 4.78 is 5.14. The molecule has 2 aliphatic rings. The Morgan fingerprint density at radius 2 is 1.96 bits per heavy atom. The summed E-state index contributed by atoms with van der Waals surface area (Å²) in [6.07, 6.45) is 6.07. The highest BCUT2D eigenvalue weighted by Crippen LogP contribution is 2.30. The third kappa shape index (κ3) is 3.61. The van der Waals surface area contributed by atoms with Gasteiger partial charge in [-0.1, -0.05) is 18.2 Å². The van der Waals surface area contributed by atoms with Crippen LogP contribution < -0.4 is 10.1 Å². The lowest BCUT2D eigenvalue weighted by Crippen LogP contribution is -2.44. The summed E-state index contributed by atoms with van der Waals surface area (Å²) in [7, 11) is 1.56. The molecular weight excluding hydrogens is 358 g/mol. The zero-order valence-corrected chi connectivity index (χ0v) is 16.7. The van der Waals surface area contributed by atoms with Gasteiger partial charge in [0.25, 0.3) is 5.91 Å². The maximum absolute atomic E-state index is 13.0. The molecule has 1 atom stereocenters. The van der Waals surface area contributed by atoms with Crippen molar-refractivity contribution < 1.29 is 19.1 Å². The predicted octanol–water partition coefficient (Wildman–Crippen LogP) is 2.77. The summed E-state index contributed by atoms with van der Waals surface area (Å²) in [6.45, 7) is 3.81. The average molecular weight is 385 g/mol. The van der Waals surface area contributed by atoms with E-state index >= 15 is 0 Å². The Morgan fingerprint density at radius 1 is 1.25 bits per heavy atom. The number of allylic oxidation sites excluding steroid dienone is 2. The van der Waals surface area contributed by atoms with Gasteiger partial charge in [0.1, 0.15) is 17.8 Å². The van der Waals surface area contributed by atoms with E-state index in [0.29, 0.717) is 17.9 Å². The van der Waals surface area contributed by atoms with Gasteiger partial charge >= 0.3 is 6.03 Å². The molecule has 1 fully saturated rings. The molecule has 1 aliphatic carbocycles. The number of hydrogen-bond donors (Lipinski definition) is 1. The Bertz CT molecular complexity index is 802. The van der Waals surface area contributed by atoms with Crippen LogP contribution in [0.2, 0.25) is 0 Å². The lowest BCUT2D eigenvalue weighted by molar-refractivity contribution is -0.138. The quantitative estimate of drug-likeness (QED) is 0.764. The monoisotopic (exact) mass is 385 g/mol. The van der Waals surface area contributed by atoms with Gasteiger partial charge in [0.2, 0.25) is 5.91 Å². The van der Waals surface area contributed by atoms with E-state index in [2.05, 4.69) is 11.4 Å². The Kier molecular flexibility index (Phi) is 5.72. The van der Waals surface area contributed by atoms with Gasteiger partial charge in [-0.3, -0.25) is 14.5 Å². The summed E-state index contributed by atoms with van der Waals surface area (Å²) in [5, 5.41) is 2.74. The number of rotatable bonds is 6. The second-order valence-corrected chi connectivity index (χ2v) is 7.25. The number of hydrogen-bond acceptors (Lipinski definition) is 4. The van der Waals surface area contributed by atoms with E-state index < -0.39 is 17.5 Å². The first-order valence-corrected chi connectivity index (χ1v) is 9.68. The Hall–Kier alpha value is -2.83. The Balaban J connectivity index is 1.77. The molecule has 3 rings (SSSR count). The van der Waals surface area contributed by atoms with Crippen LogP contribution in [-0.4, -0.2) is 47.8 Å². The van der Waals surface area contributed by atoms with Gasteiger partial charge in [0, 0.05) is 12.2 Å². The third-order valence-electron chi connectivity index (χ3n) is 5.47. The fourth-order valence-corrected chi connectivity index (χ4v) is 3.79. The largest absolute Gasteiger partial charge is 0.497 e. The van der Waals surface area contributed by atoms with Crippen LogP contribution in [-0.2, 0) is 15.1 Å². The molecule has 0 bridgehead atoms. The van der Waals surface area contributed by atoms with Crippen molar-refractivity contribution >= 4 is 17.8 Å². The van der Waals surface area contributed by atoms with Gasteiger partial charge in [0.15, 0.2) is 0 Å². The number of urea groups is 1. The van der Waals surface area contributed by atoms with E-state index in [1.54, 1.807) is 43.2 Å². The molecule has 1 N–H and O–H groups in total. The maximum Gasteiger partial charge on any atom is 0.325 e. The highest BCUT2D eigenvalue weighted by Gasteiger charge is 2.49. The number of nitrogens with zero attached hydrogens (tertiary/aromatic N) is 2. The van der Waals surface area contributed by atoms with E-state index in [-0.39, 0.29) is 12.5 Å². The molecule has 0 saturated carbocycles. The van der Waals surface area contributed by atoms with Crippen LogP contribution in [0.1, 0.15) is 45.1 Å². The molecule has 0 unspecified atom stereocenters. The topological polar surface area (TPSA) is 79.0 Å². The van der Waals surface area contributed by atoms with Gasteiger partial charge in [-0.15, -0.1) is 0 Å². The molecule has 0 aromatic heterocycles. The number of benzene rings is 1. The highest BCUT2D eigenvalue weighted by atomic mass is 16.5. The first-order valence-electron chi connectivity index (χ1n) is 9.68. The number of carbonyl (C=O) groups excluding carboxylic acids is 3. The molecule has 1 aromatic carbocycles. The van der Waals surface area contributed by atoms with Crippen molar-refractivity contribution in [3.05, 3.63) is 41.6 Å². The number of methoxy groups -OCH3 is 1. The zero-order valence-electron chi connectivity index (χ0n) is 16.7. The normalized spacial score (nSPS) is 22.0. The molecule has 28 heavy (non-hydrogen) atoms. The van der Waals surface area contributed by atoms with Crippen LogP contribution >= 0.6 is 0 Å². The van der Waals surface area contributed by atoms with E-state index in [1.807, 2.05) is 6.92 Å². The number of amides is 4. The number of carbonyl (C=O) groups is 3. The van der Waals surface area contributed by atoms with Gasteiger partial charge in [0.05, 0.1) is 7.11 Å². The van der Waals surface area contributed by atoms with Crippen molar-refractivity contribution in [1.29, 1.82) is 0 Å². The molecule has 1 heterocycles. The predicted molar refractivity (Wildman–Crippen MR) is 105 cm³/mol. The first kappa shape index (κ1) is 19.9. The lowest BCUT2D eigenvalue weighted by atomic mass is 9.92. The minimum absolute atomic E-state index is 0.238. The van der Waals surface area contributed by atoms with Crippen LogP contribution in [0.4, 0.5) is 4.79 Å². The fraction of sp³-hybridized carbons (Fsp3) is 0.476. The molecule has 4 amide bonds. The molecule has 7 heteroatoms. The molecule has 1 saturated heterocycles. The number of ether oxygens (including phenoxy) is 1. The SMILES string of the molecule is CCN(C(=O)CN1C(=O)N[C@@](C)(c2ccc(OC)cc2)C1=O)C1=CCCCC1. The first-order chi connectivity index (χ1) is 13.4. The second-order valence-electron chi connectivity index (χ2n) is 7.25. The van der Waals surface area contributed by atoms with E-state index in [4.69, 9.17) is 4.74 Å². The van der Waals surface area contributed by atoms with Crippen molar-refractivity contribution in [2.45, 2.75) is 45.1 Å². The van der Waals surface area contributed by atoms with Gasteiger partial charge in [-0.25, -0.2) is 4.79 Å². The molecule has 1 aliphatic heterocycles. The molecule has 7 nitrogen and oxygen atoms in total. The minimum Gasteiger partial charge on any atom is -0.497 e. The lowest BCUT2D eigenvalue weighted by Gasteiger charge is -2.28. The number of imide groups is 1. The summed E-state index contributed by atoms with van der Waals surface area (Å²) in [5.74, 6) is -0.00155. The van der Waals surface area contributed by atoms with Gasteiger partial charge < -0.3 is 15.0 Å². The zero-order chi connectivity index (χ0) is 20.3. The van der Waals surface area contributed by atoms with Crippen molar-refractivity contribution in [2.75, 3.05) is 20.2 Å². The average Bonchev–Trinajstić information content (AvgIpc) is 2.93. The second kappa shape index (κ2) is 8.04. The number of likely N-dealkylation sites (N-methyl/N-ethyl adjacent to an activating group) is 1. The van der Waals surface area contributed by atoms with Crippen molar-refractivity contribution in [2.24, 2.45) is 0 Å². The molecule has 1 aromatic rings. The molecular formula is C21H27N3O4. The smallest absolute Gasteiger partial charge is 0.325 e. The summed E-state index contributed by atoms with van der Waals surface area (Å²) >= 11 is 0. The summed E-state index contributed by atoms with van der Waals surface area (Å²) in [5.41, 5.74) is 0.429. The van der Waals surface area contributed by atoms with E-state index in [0.717, 1.165) is 36.3 Å². The molecule has 0 spiro atoms. The molecule has 150 valence electrons. The standard InChI is InChI=1S/C21H27N3O4/c1-4-23(16-8-6-5-7-9-16)18(25)14-24-19(26)21(2,22-20(24)27)15-10-12-17(28-3)13-11-15/h8,10-13H,4-7,9,14H2,1-3H3,(H,22,27)/t21-/m0/s1. The van der Waals surface area contributed by atoms with Gasteiger partial charge in [-0.2, -0.15) is 0 Å². The van der Waals surface area contributed by atoms with Crippen molar-refractivity contribution in [3.8, 4) is 5.75 Å². The van der Waals surface area contributed by atoms with Crippen LogP contribution in [0.5, 0.6) is 5.75 Å².